The van der Waals surface area contributed by atoms with Gasteiger partial charge in [-0.15, -0.1) is 0 Å². The molecule has 0 aliphatic carbocycles. The lowest BCUT2D eigenvalue weighted by atomic mass is 9.98. The molecule has 0 unspecified atom stereocenters. The van der Waals surface area contributed by atoms with Gasteiger partial charge in [-0.1, -0.05) is 66.2 Å². The third-order valence-electron chi connectivity index (χ3n) is 6.90. The zero-order valence-corrected chi connectivity index (χ0v) is 28.9. The lowest BCUT2D eigenvalue weighted by molar-refractivity contribution is 0.103. The van der Waals surface area contributed by atoms with Gasteiger partial charge in [-0.05, 0) is 109 Å². The Bertz CT molecular complexity index is 1130. The number of unbranched alkanes of at least 4 members (excludes halogenated alkanes) is 1. The molecule has 39 heavy (non-hydrogen) atoms. The average Bonchev–Trinajstić information content (AvgIpc) is 3.32. The molecule has 0 atom stereocenters. The van der Waals surface area contributed by atoms with Crippen molar-refractivity contribution in [3.05, 3.63) is 60.4 Å². The van der Waals surface area contributed by atoms with Crippen LogP contribution in [0.5, 0.6) is 5.75 Å². The van der Waals surface area contributed by atoms with Gasteiger partial charge in [0.05, 0.1) is 12.7 Å². The SMILES string of the molecule is CCCCc1oc2ccccc2c1C(=O)c1cc(I)c(OCCN(CC)CC)c(I)c1.CCCN(CC)CC. The number of rotatable bonds is 15. The first-order valence-electron chi connectivity index (χ1n) is 14.5. The van der Waals surface area contributed by atoms with Crippen LogP contribution in [0.2, 0.25) is 0 Å². The minimum absolute atomic E-state index is 0.0153. The minimum atomic E-state index is 0.0153. The van der Waals surface area contributed by atoms with Crippen molar-refractivity contribution >= 4 is 61.9 Å². The summed E-state index contributed by atoms with van der Waals surface area (Å²) in [6, 6.07) is 11.7. The van der Waals surface area contributed by atoms with E-state index in [9.17, 15) is 4.79 Å². The second-order valence-electron chi connectivity index (χ2n) is 9.50. The Morgan fingerprint density at radius 3 is 1.97 bits per heavy atom. The van der Waals surface area contributed by atoms with E-state index in [2.05, 4.69) is 96.5 Å². The number of likely N-dealkylation sites (N-methyl/N-ethyl adjacent to an activating group) is 1. The van der Waals surface area contributed by atoms with Crippen LogP contribution < -0.4 is 4.74 Å². The van der Waals surface area contributed by atoms with Gasteiger partial charge in [0.1, 0.15) is 23.7 Å². The molecule has 0 N–H and O–H groups in total. The number of halogens is 2. The number of fused-ring (bicyclic) bond motifs is 1. The molecule has 3 rings (SSSR count). The van der Waals surface area contributed by atoms with Crippen molar-refractivity contribution in [2.75, 3.05) is 45.9 Å². The number of aryl methyl sites for hydroxylation is 1. The van der Waals surface area contributed by atoms with Crippen molar-refractivity contribution in [2.45, 2.75) is 67.2 Å². The fourth-order valence-electron chi connectivity index (χ4n) is 4.50. The number of carbonyl (C=O) groups excluding carboxylic acids is 1. The lowest BCUT2D eigenvalue weighted by Crippen LogP contribution is -2.28. The fourth-order valence-corrected chi connectivity index (χ4v) is 6.58. The average molecular weight is 761 g/mol. The molecule has 0 saturated heterocycles. The molecule has 0 aliphatic rings. The maximum atomic E-state index is 13.6. The van der Waals surface area contributed by atoms with Crippen LogP contribution in [0.4, 0.5) is 0 Å². The van der Waals surface area contributed by atoms with Crippen molar-refractivity contribution in [3.8, 4) is 5.75 Å². The van der Waals surface area contributed by atoms with Gasteiger partial charge in [-0.2, -0.15) is 0 Å². The summed E-state index contributed by atoms with van der Waals surface area (Å²) in [7, 11) is 0. The molecule has 0 aliphatic heterocycles. The molecule has 216 valence electrons. The van der Waals surface area contributed by atoms with E-state index in [0.29, 0.717) is 17.7 Å². The lowest BCUT2D eigenvalue weighted by Gasteiger charge is -2.19. The van der Waals surface area contributed by atoms with Crippen LogP contribution in [-0.2, 0) is 6.42 Å². The van der Waals surface area contributed by atoms with Crippen molar-refractivity contribution < 1.29 is 13.9 Å². The topological polar surface area (TPSA) is 45.9 Å². The molecule has 5 nitrogen and oxygen atoms in total. The fraction of sp³-hybridized carbons (Fsp3) is 0.531. The van der Waals surface area contributed by atoms with Gasteiger partial charge in [0.15, 0.2) is 5.78 Å². The summed E-state index contributed by atoms with van der Waals surface area (Å²) in [5.74, 6) is 1.66. The molecule has 0 fully saturated rings. The number of para-hydroxylation sites is 1. The Kier molecular flexibility index (Phi) is 16.0. The molecule has 1 aromatic heterocycles. The number of ketones is 1. The van der Waals surface area contributed by atoms with Gasteiger partial charge < -0.3 is 19.0 Å². The van der Waals surface area contributed by atoms with Crippen LogP contribution in [-0.4, -0.2) is 61.5 Å². The third kappa shape index (κ3) is 10.0. The first-order valence-corrected chi connectivity index (χ1v) is 16.6. The Hall–Kier alpha value is -1.17. The van der Waals surface area contributed by atoms with E-state index >= 15 is 0 Å². The summed E-state index contributed by atoms with van der Waals surface area (Å²) in [6.45, 7) is 20.3. The smallest absolute Gasteiger partial charge is 0.197 e. The predicted molar refractivity (Wildman–Crippen MR) is 181 cm³/mol. The van der Waals surface area contributed by atoms with E-state index in [4.69, 9.17) is 9.15 Å². The normalized spacial score (nSPS) is 11.2. The van der Waals surface area contributed by atoms with Crippen LogP contribution in [0.1, 0.15) is 82.5 Å². The van der Waals surface area contributed by atoms with Crippen LogP contribution >= 0.6 is 45.2 Å². The maximum Gasteiger partial charge on any atom is 0.197 e. The summed E-state index contributed by atoms with van der Waals surface area (Å²) in [6.07, 6.45) is 4.10. The van der Waals surface area contributed by atoms with Gasteiger partial charge in [0.2, 0.25) is 0 Å². The Morgan fingerprint density at radius 2 is 1.44 bits per heavy atom. The Morgan fingerprint density at radius 1 is 0.846 bits per heavy atom. The number of hydrogen-bond acceptors (Lipinski definition) is 5. The molecule has 7 heteroatoms. The number of nitrogens with zero attached hydrogens (tertiary/aromatic N) is 2. The standard InChI is InChI=1S/C25H29I2NO3.C7H17N/c1-4-7-11-22-23(18-10-8-9-12-21(18)31-22)24(29)17-15-19(26)25(20(27)16-17)30-14-13-28(5-2)6-3;1-4-7-8(5-2)6-3/h8-10,12,15-16H,4-7,11,13-14H2,1-3H3;4-7H2,1-3H3. The highest BCUT2D eigenvalue weighted by atomic mass is 127. The van der Waals surface area contributed by atoms with Crippen molar-refractivity contribution in [1.82, 2.24) is 9.80 Å². The molecule has 0 radical (unpaired) electrons. The number of ether oxygens (including phenoxy) is 1. The van der Waals surface area contributed by atoms with Crippen molar-refractivity contribution in [1.29, 1.82) is 0 Å². The predicted octanol–water partition coefficient (Wildman–Crippen LogP) is 8.67. The molecular weight excluding hydrogens is 714 g/mol. The number of furan rings is 1. The molecule has 0 saturated carbocycles. The molecular formula is C32H46I2N2O3. The van der Waals surface area contributed by atoms with Gasteiger partial charge >= 0.3 is 0 Å². The summed E-state index contributed by atoms with van der Waals surface area (Å²) in [5.41, 5.74) is 2.15. The van der Waals surface area contributed by atoms with E-state index in [1.807, 2.05) is 36.4 Å². The van der Waals surface area contributed by atoms with Gasteiger partial charge in [-0.25, -0.2) is 0 Å². The molecule has 1 heterocycles. The molecule has 2 aromatic carbocycles. The molecule has 0 amide bonds. The largest absolute Gasteiger partial charge is 0.490 e. The van der Waals surface area contributed by atoms with E-state index in [1.165, 1.54) is 26.1 Å². The zero-order chi connectivity index (χ0) is 28.8. The van der Waals surface area contributed by atoms with Crippen molar-refractivity contribution in [3.63, 3.8) is 0 Å². The quantitative estimate of drug-likeness (QED) is 0.115. The van der Waals surface area contributed by atoms with E-state index in [-0.39, 0.29) is 5.78 Å². The Balaban J connectivity index is 0.000000580. The molecule has 0 bridgehead atoms. The van der Waals surface area contributed by atoms with Crippen LogP contribution in [0, 0.1) is 7.14 Å². The van der Waals surface area contributed by atoms with Gasteiger partial charge in [-0.3, -0.25) is 4.79 Å². The number of carbonyl (C=O) groups is 1. The summed E-state index contributed by atoms with van der Waals surface area (Å²) in [5, 5.41) is 0.892. The highest BCUT2D eigenvalue weighted by Crippen LogP contribution is 2.33. The molecule has 3 aromatic rings. The number of benzene rings is 2. The molecule has 0 spiro atoms. The van der Waals surface area contributed by atoms with Gasteiger partial charge in [0.25, 0.3) is 0 Å². The summed E-state index contributed by atoms with van der Waals surface area (Å²) < 4.78 is 14.1. The van der Waals surface area contributed by atoms with Crippen LogP contribution in [0.3, 0.4) is 0 Å². The second kappa shape index (κ2) is 18.3. The zero-order valence-electron chi connectivity index (χ0n) is 24.6. The maximum absolute atomic E-state index is 13.6. The first-order chi connectivity index (χ1) is 18.8. The minimum Gasteiger partial charge on any atom is -0.490 e. The highest BCUT2D eigenvalue weighted by Gasteiger charge is 2.23. The van der Waals surface area contributed by atoms with Crippen LogP contribution in [0.15, 0.2) is 40.8 Å². The second-order valence-corrected chi connectivity index (χ2v) is 11.8. The van der Waals surface area contributed by atoms with Crippen molar-refractivity contribution in [2.24, 2.45) is 0 Å². The third-order valence-corrected chi connectivity index (χ3v) is 8.50. The van der Waals surface area contributed by atoms with E-state index < -0.39 is 0 Å². The first kappa shape index (κ1) is 34.0. The monoisotopic (exact) mass is 760 g/mol. The summed E-state index contributed by atoms with van der Waals surface area (Å²) in [4.78, 5) is 18.4. The van der Waals surface area contributed by atoms with Gasteiger partial charge in [0, 0.05) is 23.9 Å². The highest BCUT2D eigenvalue weighted by molar-refractivity contribution is 14.1. The Labute approximate surface area is 263 Å². The van der Waals surface area contributed by atoms with E-state index in [0.717, 1.165) is 68.5 Å². The van der Waals surface area contributed by atoms with Crippen LogP contribution in [0.25, 0.3) is 11.0 Å². The van der Waals surface area contributed by atoms with E-state index in [1.54, 1.807) is 0 Å². The number of hydrogen-bond donors (Lipinski definition) is 0. The summed E-state index contributed by atoms with van der Waals surface area (Å²) >= 11 is 4.54.